The quantitative estimate of drug-likeness (QED) is 0.676. The molecule has 1 aromatic rings. The van der Waals surface area contributed by atoms with Crippen molar-refractivity contribution < 1.29 is 19.1 Å². The third kappa shape index (κ3) is 5.01. The van der Waals surface area contributed by atoms with Crippen LogP contribution in [0.15, 0.2) is 16.5 Å². The van der Waals surface area contributed by atoms with Gasteiger partial charge in [0.15, 0.2) is 0 Å². The Morgan fingerprint density at radius 2 is 2.22 bits per heavy atom. The number of carboxylic acids is 1. The number of furan rings is 1. The van der Waals surface area contributed by atoms with Crippen molar-refractivity contribution in [1.82, 2.24) is 5.32 Å². The average molecular weight is 254 g/mol. The van der Waals surface area contributed by atoms with Crippen LogP contribution in [0.4, 0.5) is 0 Å². The third-order valence-corrected chi connectivity index (χ3v) is 2.40. The van der Waals surface area contributed by atoms with Gasteiger partial charge in [0.25, 0.3) is 0 Å². The maximum Gasteiger partial charge on any atom is 0.371 e. The summed E-state index contributed by atoms with van der Waals surface area (Å²) in [5.74, 6) is -0.919. The first kappa shape index (κ1) is 14.2. The summed E-state index contributed by atoms with van der Waals surface area (Å²) in [7, 11) is 0. The summed E-state index contributed by atoms with van der Waals surface area (Å²) in [5, 5.41) is 11.3. The van der Waals surface area contributed by atoms with Gasteiger partial charge in [-0.1, -0.05) is 0 Å². The standard InChI is InChI=1S/C12H18N2O4/c1-8(13)3-2-4-11(15)14-7-9-5-6-10(18-9)12(16)17/h5-6,8H,2-4,7,13H2,1H3,(H,14,15)(H,16,17). The fourth-order valence-corrected chi connectivity index (χ4v) is 1.45. The number of aromatic carboxylic acids is 1. The van der Waals surface area contributed by atoms with Crippen molar-refractivity contribution in [1.29, 1.82) is 0 Å². The van der Waals surface area contributed by atoms with Crippen molar-refractivity contribution >= 4 is 11.9 Å². The van der Waals surface area contributed by atoms with Gasteiger partial charge in [0, 0.05) is 12.5 Å². The second-order valence-electron chi connectivity index (χ2n) is 4.22. The number of amides is 1. The molecule has 0 aliphatic rings. The molecule has 0 aromatic carbocycles. The van der Waals surface area contributed by atoms with E-state index in [1.54, 1.807) is 0 Å². The van der Waals surface area contributed by atoms with Crippen LogP contribution in [0, 0.1) is 0 Å². The minimum atomic E-state index is -1.12. The number of carboxylic acid groups (broad SMARTS) is 1. The molecular weight excluding hydrogens is 236 g/mol. The molecule has 1 amide bonds. The predicted octanol–water partition coefficient (Wildman–Crippen LogP) is 1.11. The first-order valence-corrected chi connectivity index (χ1v) is 5.83. The highest BCUT2D eigenvalue weighted by Crippen LogP contribution is 2.07. The van der Waals surface area contributed by atoms with Crippen LogP contribution in [0.25, 0.3) is 0 Å². The van der Waals surface area contributed by atoms with Crippen LogP contribution in [-0.4, -0.2) is 23.0 Å². The van der Waals surface area contributed by atoms with Gasteiger partial charge in [-0.2, -0.15) is 0 Å². The van der Waals surface area contributed by atoms with Gasteiger partial charge >= 0.3 is 5.97 Å². The van der Waals surface area contributed by atoms with Gasteiger partial charge in [0.05, 0.1) is 6.54 Å². The fraction of sp³-hybridized carbons (Fsp3) is 0.500. The summed E-state index contributed by atoms with van der Waals surface area (Å²) in [6, 6.07) is 2.99. The molecule has 6 heteroatoms. The Hall–Kier alpha value is -1.82. The monoisotopic (exact) mass is 254 g/mol. The highest BCUT2D eigenvalue weighted by molar-refractivity contribution is 5.84. The van der Waals surface area contributed by atoms with Crippen molar-refractivity contribution in [3.63, 3.8) is 0 Å². The zero-order valence-corrected chi connectivity index (χ0v) is 10.3. The average Bonchev–Trinajstić information content (AvgIpc) is 2.74. The van der Waals surface area contributed by atoms with Crippen molar-refractivity contribution in [3.05, 3.63) is 23.7 Å². The number of hydrogen-bond acceptors (Lipinski definition) is 4. The molecule has 0 saturated carbocycles. The normalized spacial score (nSPS) is 12.1. The second-order valence-corrected chi connectivity index (χ2v) is 4.22. The number of hydrogen-bond donors (Lipinski definition) is 3. The van der Waals surface area contributed by atoms with Crippen molar-refractivity contribution in [3.8, 4) is 0 Å². The number of nitrogens with one attached hydrogen (secondary N) is 1. The van der Waals surface area contributed by atoms with Gasteiger partial charge in [-0.15, -0.1) is 0 Å². The summed E-state index contributed by atoms with van der Waals surface area (Å²) in [6.45, 7) is 2.10. The van der Waals surface area contributed by atoms with Gasteiger partial charge in [-0.05, 0) is 31.9 Å². The first-order chi connectivity index (χ1) is 8.49. The number of rotatable bonds is 7. The van der Waals surface area contributed by atoms with Crippen LogP contribution in [-0.2, 0) is 11.3 Å². The number of carbonyl (C=O) groups is 2. The molecule has 0 saturated heterocycles. The molecule has 0 aliphatic carbocycles. The van der Waals surface area contributed by atoms with Gasteiger partial charge in [0.2, 0.25) is 11.7 Å². The van der Waals surface area contributed by atoms with E-state index in [1.807, 2.05) is 6.92 Å². The lowest BCUT2D eigenvalue weighted by atomic mass is 10.1. The minimum Gasteiger partial charge on any atom is -0.475 e. The van der Waals surface area contributed by atoms with E-state index < -0.39 is 5.97 Å². The SMILES string of the molecule is CC(N)CCCC(=O)NCc1ccc(C(=O)O)o1. The lowest BCUT2D eigenvalue weighted by molar-refractivity contribution is -0.121. The fourth-order valence-electron chi connectivity index (χ4n) is 1.45. The molecule has 1 aromatic heterocycles. The van der Waals surface area contributed by atoms with E-state index in [-0.39, 0.29) is 24.3 Å². The zero-order chi connectivity index (χ0) is 13.5. The Kier molecular flexibility index (Phi) is 5.38. The van der Waals surface area contributed by atoms with Crippen LogP contribution >= 0.6 is 0 Å². The Morgan fingerprint density at radius 3 is 2.78 bits per heavy atom. The molecule has 4 N–H and O–H groups in total. The molecule has 0 aliphatic heterocycles. The van der Waals surface area contributed by atoms with Crippen LogP contribution in [0.3, 0.4) is 0 Å². The predicted molar refractivity (Wildman–Crippen MR) is 65.0 cm³/mol. The first-order valence-electron chi connectivity index (χ1n) is 5.83. The van der Waals surface area contributed by atoms with Gasteiger partial charge < -0.3 is 20.6 Å². The number of nitrogens with two attached hydrogens (primary N) is 1. The summed E-state index contributed by atoms with van der Waals surface area (Å²) in [6.07, 6.45) is 1.95. The van der Waals surface area contributed by atoms with Crippen molar-refractivity contribution in [2.24, 2.45) is 5.73 Å². The Morgan fingerprint density at radius 1 is 1.50 bits per heavy atom. The Balaban J connectivity index is 2.27. The van der Waals surface area contributed by atoms with Gasteiger partial charge in [-0.3, -0.25) is 4.79 Å². The summed E-state index contributed by atoms with van der Waals surface area (Å²) < 4.78 is 5.00. The van der Waals surface area contributed by atoms with E-state index in [0.717, 1.165) is 12.8 Å². The van der Waals surface area contributed by atoms with Crippen LogP contribution in [0.2, 0.25) is 0 Å². The number of carbonyl (C=O) groups excluding carboxylic acids is 1. The molecule has 0 radical (unpaired) electrons. The smallest absolute Gasteiger partial charge is 0.371 e. The van der Waals surface area contributed by atoms with Gasteiger partial charge in [-0.25, -0.2) is 4.79 Å². The molecule has 0 bridgehead atoms. The molecule has 1 heterocycles. The van der Waals surface area contributed by atoms with E-state index in [4.69, 9.17) is 15.3 Å². The maximum atomic E-state index is 11.4. The largest absolute Gasteiger partial charge is 0.475 e. The topological polar surface area (TPSA) is 106 Å². The van der Waals surface area contributed by atoms with Crippen molar-refractivity contribution in [2.75, 3.05) is 0 Å². The Labute approximate surface area is 105 Å². The molecule has 0 spiro atoms. The summed E-state index contributed by atoms with van der Waals surface area (Å²) in [5.41, 5.74) is 5.57. The highest BCUT2D eigenvalue weighted by atomic mass is 16.4. The van der Waals surface area contributed by atoms with Gasteiger partial charge in [0.1, 0.15) is 5.76 Å². The lowest BCUT2D eigenvalue weighted by Gasteiger charge is -2.05. The van der Waals surface area contributed by atoms with E-state index in [1.165, 1.54) is 12.1 Å². The van der Waals surface area contributed by atoms with E-state index >= 15 is 0 Å². The highest BCUT2D eigenvalue weighted by Gasteiger charge is 2.09. The van der Waals surface area contributed by atoms with E-state index in [0.29, 0.717) is 12.2 Å². The molecule has 1 atom stereocenters. The molecular formula is C12H18N2O4. The van der Waals surface area contributed by atoms with Crippen LogP contribution < -0.4 is 11.1 Å². The molecule has 18 heavy (non-hydrogen) atoms. The summed E-state index contributed by atoms with van der Waals surface area (Å²) >= 11 is 0. The minimum absolute atomic E-state index is 0.0936. The second kappa shape index (κ2) is 6.80. The third-order valence-electron chi connectivity index (χ3n) is 2.40. The van der Waals surface area contributed by atoms with Crippen molar-refractivity contribution in [2.45, 2.75) is 38.8 Å². The molecule has 6 nitrogen and oxygen atoms in total. The molecule has 1 rings (SSSR count). The zero-order valence-electron chi connectivity index (χ0n) is 10.3. The summed E-state index contributed by atoms with van der Waals surface area (Å²) in [4.78, 5) is 22.0. The molecule has 1 unspecified atom stereocenters. The van der Waals surface area contributed by atoms with E-state index in [9.17, 15) is 9.59 Å². The lowest BCUT2D eigenvalue weighted by Crippen LogP contribution is -2.23. The van der Waals surface area contributed by atoms with Crippen LogP contribution in [0.1, 0.15) is 42.5 Å². The molecule has 0 fully saturated rings. The van der Waals surface area contributed by atoms with Crippen LogP contribution in [0.5, 0.6) is 0 Å². The molecule has 100 valence electrons. The Bertz CT molecular complexity index is 412. The maximum absolute atomic E-state index is 11.4. The van der Waals surface area contributed by atoms with E-state index in [2.05, 4.69) is 5.32 Å².